The summed E-state index contributed by atoms with van der Waals surface area (Å²) in [6.45, 7) is 1.14. The van der Waals surface area contributed by atoms with Crippen molar-refractivity contribution in [1.82, 2.24) is 4.90 Å². The van der Waals surface area contributed by atoms with Crippen molar-refractivity contribution in [1.29, 1.82) is 0 Å². The van der Waals surface area contributed by atoms with Crippen LogP contribution in [0, 0.1) is 0 Å². The molecule has 3 N–H and O–H groups in total. The molecule has 84 valence electrons. The van der Waals surface area contributed by atoms with Crippen molar-refractivity contribution in [3.05, 3.63) is 0 Å². The molecule has 0 fully saturated rings. The molecule has 1 amide bonds. The molecule has 0 aliphatic rings. The molecule has 2 unspecified atom stereocenters. The summed E-state index contributed by atoms with van der Waals surface area (Å²) in [5.74, 6) is -0.276. The Bertz CT molecular complexity index is 193. The number of aliphatic hydroxyl groups excluding tert-OH is 2. The SMILES string of the molecule is CC(O)C(O)(CCO)CC(=O)N(C)C. The van der Waals surface area contributed by atoms with Crippen molar-refractivity contribution in [2.24, 2.45) is 0 Å². The Hall–Kier alpha value is -0.650. The van der Waals surface area contributed by atoms with Crippen LogP contribution >= 0.6 is 0 Å². The minimum absolute atomic E-state index is 0.00968. The van der Waals surface area contributed by atoms with Gasteiger partial charge in [-0.3, -0.25) is 4.79 Å². The molecule has 0 aromatic carbocycles. The average molecular weight is 205 g/mol. The fourth-order valence-electron chi connectivity index (χ4n) is 1.06. The van der Waals surface area contributed by atoms with Crippen molar-refractivity contribution >= 4 is 5.91 Å². The van der Waals surface area contributed by atoms with E-state index in [1.165, 1.54) is 11.8 Å². The topological polar surface area (TPSA) is 81.0 Å². The number of aliphatic hydroxyl groups is 3. The van der Waals surface area contributed by atoms with Gasteiger partial charge in [-0.25, -0.2) is 0 Å². The Morgan fingerprint density at radius 3 is 2.29 bits per heavy atom. The monoisotopic (exact) mass is 205 g/mol. The lowest BCUT2D eigenvalue weighted by atomic mass is 9.90. The van der Waals surface area contributed by atoms with E-state index in [0.717, 1.165) is 0 Å². The van der Waals surface area contributed by atoms with E-state index in [4.69, 9.17) is 5.11 Å². The van der Waals surface area contributed by atoms with Gasteiger partial charge in [-0.05, 0) is 6.92 Å². The number of amides is 1. The fraction of sp³-hybridized carbons (Fsp3) is 0.889. The summed E-state index contributed by atoms with van der Waals surface area (Å²) in [6, 6.07) is 0. The molecule has 0 aliphatic heterocycles. The number of hydrogen-bond donors (Lipinski definition) is 3. The number of carbonyl (C=O) groups is 1. The van der Waals surface area contributed by atoms with Gasteiger partial charge in [0, 0.05) is 27.1 Å². The maximum Gasteiger partial charge on any atom is 0.225 e. The largest absolute Gasteiger partial charge is 0.396 e. The molecule has 0 rings (SSSR count). The zero-order valence-corrected chi connectivity index (χ0v) is 8.90. The van der Waals surface area contributed by atoms with E-state index in [-0.39, 0.29) is 25.4 Å². The molecular formula is C9H19NO4. The third-order valence-corrected chi connectivity index (χ3v) is 2.28. The average Bonchev–Trinajstić information content (AvgIpc) is 2.03. The van der Waals surface area contributed by atoms with E-state index in [1.807, 2.05) is 0 Å². The van der Waals surface area contributed by atoms with Crippen LogP contribution in [0.5, 0.6) is 0 Å². The molecule has 0 saturated heterocycles. The van der Waals surface area contributed by atoms with Crippen LogP contribution in [0.2, 0.25) is 0 Å². The number of nitrogens with zero attached hydrogens (tertiary/aromatic N) is 1. The van der Waals surface area contributed by atoms with Crippen LogP contribution < -0.4 is 0 Å². The molecule has 0 saturated carbocycles. The highest BCUT2D eigenvalue weighted by Gasteiger charge is 2.35. The summed E-state index contributed by atoms with van der Waals surface area (Å²) in [6.07, 6.45) is -1.24. The predicted octanol–water partition coefficient (Wildman–Crippen LogP) is -1.04. The van der Waals surface area contributed by atoms with E-state index < -0.39 is 11.7 Å². The summed E-state index contributed by atoms with van der Waals surface area (Å²) >= 11 is 0. The van der Waals surface area contributed by atoms with Crippen molar-refractivity contribution in [2.75, 3.05) is 20.7 Å². The van der Waals surface area contributed by atoms with Crippen molar-refractivity contribution < 1.29 is 20.1 Å². The van der Waals surface area contributed by atoms with Crippen molar-refractivity contribution in [3.8, 4) is 0 Å². The fourth-order valence-corrected chi connectivity index (χ4v) is 1.06. The summed E-state index contributed by atoms with van der Waals surface area (Å²) in [5, 5.41) is 27.9. The van der Waals surface area contributed by atoms with Gasteiger partial charge in [-0.15, -0.1) is 0 Å². The van der Waals surface area contributed by atoms with Crippen LogP contribution in [0.25, 0.3) is 0 Å². The van der Waals surface area contributed by atoms with Gasteiger partial charge in [0.05, 0.1) is 12.5 Å². The molecule has 5 heteroatoms. The van der Waals surface area contributed by atoms with Crippen molar-refractivity contribution in [2.45, 2.75) is 31.5 Å². The van der Waals surface area contributed by atoms with E-state index in [9.17, 15) is 15.0 Å². The maximum atomic E-state index is 11.3. The van der Waals surface area contributed by atoms with Crippen LogP contribution in [0.3, 0.4) is 0 Å². The quantitative estimate of drug-likeness (QED) is 0.535. The van der Waals surface area contributed by atoms with Gasteiger partial charge in [0.2, 0.25) is 5.91 Å². The first-order chi connectivity index (χ1) is 6.33. The van der Waals surface area contributed by atoms with E-state index >= 15 is 0 Å². The third-order valence-electron chi connectivity index (χ3n) is 2.28. The Labute approximate surface area is 84.0 Å². The molecule has 0 spiro atoms. The minimum atomic E-state index is -1.53. The molecule has 2 atom stereocenters. The van der Waals surface area contributed by atoms with Gasteiger partial charge in [-0.2, -0.15) is 0 Å². The van der Waals surface area contributed by atoms with Crippen LogP contribution in [0.1, 0.15) is 19.8 Å². The summed E-state index contributed by atoms with van der Waals surface area (Å²) in [7, 11) is 3.15. The van der Waals surface area contributed by atoms with Gasteiger partial charge in [0.1, 0.15) is 5.60 Å². The molecule has 5 nitrogen and oxygen atoms in total. The number of rotatable bonds is 5. The molecule has 0 aliphatic carbocycles. The lowest BCUT2D eigenvalue weighted by Gasteiger charge is -2.30. The van der Waals surface area contributed by atoms with E-state index in [2.05, 4.69) is 0 Å². The van der Waals surface area contributed by atoms with Gasteiger partial charge in [-0.1, -0.05) is 0 Å². The van der Waals surface area contributed by atoms with Crippen LogP contribution in [-0.2, 0) is 4.79 Å². The summed E-state index contributed by atoms with van der Waals surface area (Å²) in [4.78, 5) is 12.6. The van der Waals surface area contributed by atoms with Gasteiger partial charge < -0.3 is 20.2 Å². The smallest absolute Gasteiger partial charge is 0.225 e. The normalized spacial score (nSPS) is 17.3. The van der Waals surface area contributed by atoms with Gasteiger partial charge >= 0.3 is 0 Å². The second-order valence-corrected chi connectivity index (χ2v) is 3.72. The van der Waals surface area contributed by atoms with Crippen LogP contribution in [0.15, 0.2) is 0 Å². The lowest BCUT2D eigenvalue weighted by molar-refractivity contribution is -0.141. The van der Waals surface area contributed by atoms with Crippen LogP contribution in [0.4, 0.5) is 0 Å². The first kappa shape index (κ1) is 13.4. The zero-order valence-electron chi connectivity index (χ0n) is 8.90. The number of hydrogen-bond acceptors (Lipinski definition) is 4. The lowest BCUT2D eigenvalue weighted by Crippen LogP contribution is -2.45. The molecule has 14 heavy (non-hydrogen) atoms. The Morgan fingerprint density at radius 2 is 2.00 bits per heavy atom. The molecule has 0 bridgehead atoms. The highest BCUT2D eigenvalue weighted by molar-refractivity contribution is 5.76. The standard InChI is InChI=1S/C9H19NO4/c1-7(12)9(14,4-5-11)6-8(13)10(2)3/h7,11-12,14H,4-6H2,1-3H3. The van der Waals surface area contributed by atoms with E-state index in [0.29, 0.717) is 0 Å². The molecular weight excluding hydrogens is 186 g/mol. The molecule has 0 aromatic rings. The minimum Gasteiger partial charge on any atom is -0.396 e. The Kier molecular flexibility index (Phi) is 5.04. The highest BCUT2D eigenvalue weighted by atomic mass is 16.3. The van der Waals surface area contributed by atoms with Crippen LogP contribution in [-0.4, -0.2) is 58.5 Å². The number of carbonyl (C=O) groups excluding carboxylic acids is 1. The maximum absolute atomic E-state index is 11.3. The molecule has 0 heterocycles. The second kappa shape index (κ2) is 5.29. The van der Waals surface area contributed by atoms with Gasteiger partial charge in [0.25, 0.3) is 0 Å². The Balaban J connectivity index is 4.44. The first-order valence-corrected chi connectivity index (χ1v) is 4.55. The summed E-state index contributed by atoms with van der Waals surface area (Å²) < 4.78 is 0. The van der Waals surface area contributed by atoms with E-state index in [1.54, 1.807) is 14.1 Å². The van der Waals surface area contributed by atoms with Crippen molar-refractivity contribution in [3.63, 3.8) is 0 Å². The second-order valence-electron chi connectivity index (χ2n) is 3.72. The highest BCUT2D eigenvalue weighted by Crippen LogP contribution is 2.20. The first-order valence-electron chi connectivity index (χ1n) is 4.55. The van der Waals surface area contributed by atoms with Gasteiger partial charge in [0.15, 0.2) is 0 Å². The Morgan fingerprint density at radius 1 is 1.50 bits per heavy atom. The predicted molar refractivity (Wildman–Crippen MR) is 51.6 cm³/mol. The third kappa shape index (κ3) is 3.61. The zero-order chi connectivity index (χ0) is 11.4. The summed E-state index contributed by atoms with van der Waals surface area (Å²) in [5.41, 5.74) is -1.53. The molecule has 0 radical (unpaired) electrons. The molecule has 0 aromatic heterocycles.